The molecule has 0 spiro atoms. The quantitative estimate of drug-likeness (QED) is 0.0313. The van der Waals surface area contributed by atoms with Crippen LogP contribution in [0.15, 0.2) is 126 Å². The number of sulfonamides is 1. The van der Waals surface area contributed by atoms with Crippen molar-refractivity contribution in [3.63, 3.8) is 0 Å². The summed E-state index contributed by atoms with van der Waals surface area (Å²) in [4.78, 5) is 135. The van der Waals surface area contributed by atoms with E-state index in [0.29, 0.717) is 18.1 Å². The number of phenols is 2. The average molecular weight is 1880 g/mol. The molecule has 8 amide bonds. The molecule has 23 N–H and O–H groups in total. The van der Waals surface area contributed by atoms with E-state index in [0.717, 1.165) is 73.9 Å². The Morgan fingerprint density at radius 1 is 0.727 bits per heavy atom. The lowest BCUT2D eigenvalue weighted by molar-refractivity contribution is -0.333. The van der Waals surface area contributed by atoms with Gasteiger partial charge in [-0.15, -0.1) is 0 Å². The summed E-state index contributed by atoms with van der Waals surface area (Å²) in [5, 5.41) is 131. The van der Waals surface area contributed by atoms with Gasteiger partial charge in [0.05, 0.1) is 60.5 Å². The zero-order valence-electron chi connectivity index (χ0n) is 72.8. The van der Waals surface area contributed by atoms with E-state index in [1.807, 2.05) is 20.8 Å². The number of rotatable bonds is 28. The number of fused-ring (bicyclic) bond motifs is 15. The SMILES string of the molecule is CCCCCOc1ccc(S(=O)(=O)NCCNCc2c(OC(=O)Nc3ccc(OC)cc3)cc3c(c2O)-c2cc(ccc2O)[C@H]2NC(=O)[C@@H]4NC(=O)[C@H](CC(N)=O)NC(=O)[C@H](NC(=O)[C@@H](CC(C)C)NC)[C@H](O)c5ccc(c(C)c5)Oc5cc4cc(c5O[C@@H]4O[C@H](CO)[C@@H](O)[C@H](O)[C@H]4O[C@H]4C[C@](C)(N)[C@H](O)[C@H](C)O4)Oc4ccc(cc4Cl)[C@@H](O)[C@H](NC2=O)C(=O)N[C@@H]3C(=O)O)cc1. The summed E-state index contributed by atoms with van der Waals surface area (Å²) in [5.74, 6) is -15.6. The number of anilines is 1. The molecule has 2 fully saturated rings. The van der Waals surface area contributed by atoms with Crippen molar-refractivity contribution in [3.05, 3.63) is 165 Å². The fourth-order valence-corrected chi connectivity index (χ4v) is 17.0. The number of amides is 8. The molecule has 18 atom stereocenters. The molecule has 14 rings (SSSR count). The van der Waals surface area contributed by atoms with E-state index in [1.165, 1.54) is 102 Å². The number of methoxy groups -OCH3 is 1. The van der Waals surface area contributed by atoms with Crippen LogP contribution in [0.2, 0.25) is 5.02 Å². The highest BCUT2D eigenvalue weighted by atomic mass is 35.5. The minimum absolute atomic E-state index is 0.0629. The molecule has 0 aromatic heterocycles. The number of aliphatic carboxylic acids is 1. The van der Waals surface area contributed by atoms with Crippen molar-refractivity contribution in [3.8, 4) is 68.6 Å². The lowest BCUT2D eigenvalue weighted by Crippen LogP contribution is -2.64. The topological polar surface area (TPSA) is 625 Å². The number of primary amides is 1. The first-order valence-electron chi connectivity index (χ1n) is 42.4. The Morgan fingerprint density at radius 3 is 2.02 bits per heavy atom. The lowest BCUT2D eigenvalue weighted by Gasteiger charge is -2.47. The molecule has 710 valence electrons. The third kappa shape index (κ3) is 23.0. The number of carboxylic acids is 1. The Labute approximate surface area is 762 Å². The van der Waals surface area contributed by atoms with Gasteiger partial charge in [0.25, 0.3) is 0 Å². The van der Waals surface area contributed by atoms with Crippen LogP contribution in [0.3, 0.4) is 0 Å². The van der Waals surface area contributed by atoms with Crippen LogP contribution in [-0.4, -0.2) is 227 Å². The number of likely N-dealkylation sites (N-methyl/N-ethyl adjacent to an activating group) is 1. The van der Waals surface area contributed by atoms with Crippen molar-refractivity contribution in [1.29, 1.82) is 0 Å². The van der Waals surface area contributed by atoms with E-state index < -0.39 is 271 Å². The molecular weight excluding hydrogens is 1770 g/mol. The molecular formula is C89H107ClN12O29S. The standard InChI is InChI=1S/C89H107ClN12O29S/c1-9-10-11-28-124-49-19-21-50(22-20-49)132(121,122)95-27-26-94-38-53-60(129-88(120)96-47-15-17-48(123-8)18-16-47)35-52-66(74(53)108)51-31-43(12-23-57(51)104)67-82(114)102-71(85(117)100-69(52)86(118)119)73(107)45-14-25-59(54(90)32-45)127-62-34-46-33-61(77(62)131-87-78(76(110)75(109)63(39-103)128-87)130-65-37-89(6,92)79(111)42(5)125-65)126-58-24-13-44(30-41(58)4)72(106)70(101-80(112)55(93-7)29-40(2)3)84(116)97-56(36-64(91)105)81(113)98-68(46)83(115)99-67/h12-25,30-35,40,42,55-56,63,65,67-73,75-76,78-79,87,93-95,103-104,106-111H,9-11,26-29,36-39,92H2,1-8H3,(H2,91,105)(H,96,120)(H,97,116)(H,98,113)(H,99,115)(H,100,117)(H,101,112)(H,102,114)(H,118,119)/t42-,55+,56-,63+,65-,67+,68+,69-,70+,71-,72+,73+,75+,76-,78+,79+,87-,89-/m0/s1. The number of aromatic hydroxyl groups is 2. The number of carboxylic acid groups (broad SMARTS) is 1. The summed E-state index contributed by atoms with van der Waals surface area (Å²) in [6, 6.07) is 9.79. The van der Waals surface area contributed by atoms with Gasteiger partial charge in [-0.25, -0.2) is 22.7 Å². The Morgan fingerprint density at radius 2 is 1.38 bits per heavy atom. The molecule has 0 aliphatic carbocycles. The van der Waals surface area contributed by atoms with E-state index in [1.54, 1.807) is 0 Å². The van der Waals surface area contributed by atoms with E-state index in [9.17, 15) is 73.6 Å². The lowest BCUT2D eigenvalue weighted by atomic mass is 9.86. The number of halogens is 1. The van der Waals surface area contributed by atoms with E-state index in [2.05, 4.69) is 52.6 Å². The second kappa shape index (κ2) is 42.6. The number of carbonyl (C=O) groups excluding carboxylic acids is 8. The second-order valence-electron chi connectivity index (χ2n) is 33.1. The normalized spacial score (nSPS) is 25.3. The fourth-order valence-electron chi connectivity index (χ4n) is 15.7. The monoisotopic (exact) mass is 1870 g/mol. The highest BCUT2D eigenvalue weighted by Gasteiger charge is 2.52. The van der Waals surface area contributed by atoms with Crippen LogP contribution in [0, 0.1) is 12.8 Å². The zero-order valence-corrected chi connectivity index (χ0v) is 74.4. The molecule has 0 radical (unpaired) electrons. The number of nitrogens with one attached hydrogen (secondary N) is 10. The maximum absolute atomic E-state index is 16.6. The van der Waals surface area contributed by atoms with Crippen LogP contribution in [0.1, 0.15) is 142 Å². The number of nitrogens with two attached hydrogens (primary N) is 2. The third-order valence-electron chi connectivity index (χ3n) is 22.9. The molecule has 11 bridgehead atoms. The van der Waals surface area contributed by atoms with Gasteiger partial charge in [0.15, 0.2) is 29.9 Å². The summed E-state index contributed by atoms with van der Waals surface area (Å²) >= 11 is 7.22. The molecule has 7 aromatic rings. The first-order chi connectivity index (χ1) is 62.7. The Balaban J connectivity index is 1.05. The number of aryl methyl sites for hydroxylation is 1. The molecule has 43 heteroatoms. The van der Waals surface area contributed by atoms with Gasteiger partial charge in [0.2, 0.25) is 63.4 Å². The summed E-state index contributed by atoms with van der Waals surface area (Å²) in [5.41, 5.74) is 7.48. The van der Waals surface area contributed by atoms with Gasteiger partial charge in [-0.3, -0.25) is 38.9 Å². The summed E-state index contributed by atoms with van der Waals surface area (Å²) in [6.45, 7) is 8.34. The van der Waals surface area contributed by atoms with Crippen LogP contribution < -0.4 is 92.5 Å². The predicted octanol–water partition coefficient (Wildman–Crippen LogP) is 3.31. The number of aliphatic hydroxyl groups is 6. The van der Waals surface area contributed by atoms with E-state index >= 15 is 24.0 Å². The molecule has 0 unspecified atom stereocenters. The number of unbranched alkanes of at least 4 members (excludes halogenated alkanes) is 2. The first-order valence-corrected chi connectivity index (χ1v) is 44.2. The Hall–Kier alpha value is -12.1. The largest absolute Gasteiger partial charge is 0.507 e. The number of phenolic OH excluding ortho intramolecular Hbond substituents is 2. The Bertz CT molecular complexity index is 5570. The van der Waals surface area contributed by atoms with Gasteiger partial charge < -0.3 is 143 Å². The number of hydrogen-bond donors (Lipinski definition) is 21. The fraction of sp³-hybridized carbons (Fsp3) is 0.427. The van der Waals surface area contributed by atoms with Crippen molar-refractivity contribution in [2.45, 2.75) is 201 Å². The number of hydrogen-bond acceptors (Lipinski definition) is 31. The molecule has 2 saturated heterocycles. The maximum Gasteiger partial charge on any atom is 0.417 e. The predicted molar refractivity (Wildman–Crippen MR) is 468 cm³/mol. The smallest absolute Gasteiger partial charge is 0.417 e. The number of benzene rings is 7. The molecule has 132 heavy (non-hydrogen) atoms. The van der Waals surface area contributed by atoms with Crippen molar-refractivity contribution >= 4 is 80.7 Å². The van der Waals surface area contributed by atoms with Crippen molar-refractivity contribution in [2.24, 2.45) is 17.4 Å². The van der Waals surface area contributed by atoms with Crippen LogP contribution in [0.5, 0.6) is 57.5 Å². The van der Waals surface area contributed by atoms with Crippen LogP contribution in [-0.2, 0) is 69.1 Å². The second-order valence-corrected chi connectivity index (χ2v) is 35.3. The van der Waals surface area contributed by atoms with E-state index in [-0.39, 0.29) is 64.9 Å². The number of ether oxygens (including phenoxy) is 9. The highest BCUT2D eigenvalue weighted by Crippen LogP contribution is 2.51. The average Bonchev–Trinajstić information content (AvgIpc) is 0.745. The van der Waals surface area contributed by atoms with Gasteiger partial charge in [0.1, 0.15) is 101 Å². The van der Waals surface area contributed by atoms with Crippen LogP contribution in [0.25, 0.3) is 11.1 Å². The molecule has 7 aliphatic heterocycles. The number of aliphatic hydroxyl groups excluding tert-OH is 6. The molecule has 7 heterocycles. The molecule has 7 aromatic carbocycles. The third-order valence-corrected chi connectivity index (χ3v) is 24.6. The van der Waals surface area contributed by atoms with Gasteiger partial charge in [-0.1, -0.05) is 63.4 Å². The summed E-state index contributed by atoms with van der Waals surface area (Å²) in [6.07, 6.45) is -17.5. The van der Waals surface area contributed by atoms with Crippen molar-refractivity contribution in [1.82, 2.24) is 47.3 Å². The summed E-state index contributed by atoms with van der Waals surface area (Å²) in [7, 11) is -1.34. The van der Waals surface area contributed by atoms with E-state index in [4.69, 9.17) is 65.7 Å². The summed E-state index contributed by atoms with van der Waals surface area (Å²) < 4.78 is 85.8. The van der Waals surface area contributed by atoms with Crippen LogP contribution >= 0.6 is 11.6 Å². The van der Waals surface area contributed by atoms with Crippen LogP contribution in [0.4, 0.5) is 10.5 Å². The maximum atomic E-state index is 16.6. The first kappa shape index (κ1) is 98.9. The van der Waals surface area contributed by atoms with Gasteiger partial charge in [-0.2, -0.15) is 0 Å². The minimum Gasteiger partial charge on any atom is -0.507 e. The molecule has 0 saturated carbocycles. The van der Waals surface area contributed by atoms with Gasteiger partial charge in [0, 0.05) is 54.0 Å². The Kier molecular flexibility index (Phi) is 31.9. The minimum atomic E-state index is -4.22. The number of carbonyl (C=O) groups is 9. The van der Waals surface area contributed by atoms with Crippen molar-refractivity contribution < 1.29 is 140 Å². The zero-order chi connectivity index (χ0) is 95.6. The highest BCUT2D eigenvalue weighted by molar-refractivity contribution is 7.89. The van der Waals surface area contributed by atoms with Gasteiger partial charge in [-0.05, 0) is 178 Å². The van der Waals surface area contributed by atoms with Crippen molar-refractivity contribution in [2.75, 3.05) is 45.8 Å². The molecule has 41 nitrogen and oxygen atoms in total. The van der Waals surface area contributed by atoms with Gasteiger partial charge >= 0.3 is 12.1 Å². The molecule has 7 aliphatic rings.